The third-order valence-electron chi connectivity index (χ3n) is 4.72. The highest BCUT2D eigenvalue weighted by Crippen LogP contribution is 2.32. The first-order valence-electron chi connectivity index (χ1n) is 9.57. The predicted molar refractivity (Wildman–Crippen MR) is 116 cm³/mol. The standard InChI is InChI=1S/C22H24N2O5S/c1-15(25)19(12-17-6-8-23-9-7-17)24-22(28)20(30-10-11-30)13-16-2-4-18(5-3-16)29-14-21(26)27/h2-10,19-20H,11-14H2,1H3,(H,24,28)(H,26,27)/t19-,20-,30?/m0/s1. The van der Waals surface area contributed by atoms with Gasteiger partial charge in [-0.1, -0.05) is 17.5 Å². The minimum atomic E-state index is -1.03. The van der Waals surface area contributed by atoms with Crippen molar-refractivity contribution in [1.29, 1.82) is 0 Å². The highest BCUT2D eigenvalue weighted by atomic mass is 32.2. The summed E-state index contributed by atoms with van der Waals surface area (Å²) in [5, 5.41) is 13.5. The lowest BCUT2D eigenvalue weighted by Gasteiger charge is -2.21. The Morgan fingerprint density at radius 2 is 1.73 bits per heavy atom. The van der Waals surface area contributed by atoms with Gasteiger partial charge in [0.1, 0.15) is 5.75 Å². The molecule has 30 heavy (non-hydrogen) atoms. The van der Waals surface area contributed by atoms with Gasteiger partial charge in [-0.25, -0.2) is 4.79 Å². The molecule has 1 aliphatic heterocycles. The van der Waals surface area contributed by atoms with E-state index in [-0.39, 0.29) is 27.4 Å². The molecule has 0 radical (unpaired) electrons. The van der Waals surface area contributed by atoms with Gasteiger partial charge in [0.2, 0.25) is 5.91 Å². The highest BCUT2D eigenvalue weighted by molar-refractivity contribution is 8.23. The average Bonchev–Trinajstić information content (AvgIpc) is 3.56. The van der Waals surface area contributed by atoms with Crippen molar-refractivity contribution >= 4 is 33.5 Å². The highest BCUT2D eigenvalue weighted by Gasteiger charge is 2.29. The maximum atomic E-state index is 13.0. The number of aromatic nitrogens is 1. The van der Waals surface area contributed by atoms with Gasteiger partial charge in [0.05, 0.1) is 11.3 Å². The Hall–Kier alpha value is -3.00. The number of hydrogen-bond acceptors (Lipinski definition) is 5. The first kappa shape index (κ1) is 21.7. The smallest absolute Gasteiger partial charge is 0.341 e. The van der Waals surface area contributed by atoms with Gasteiger partial charge in [-0.2, -0.15) is 10.5 Å². The number of Topliss-reactive ketones (excluding diaryl/α,β-unsaturated/α-hetero) is 1. The molecular weight excluding hydrogens is 404 g/mol. The molecule has 1 aliphatic rings. The number of hydrogen-bond donors (Lipinski definition) is 2. The number of rotatable bonds is 11. The van der Waals surface area contributed by atoms with Crippen LogP contribution < -0.4 is 10.1 Å². The quantitative estimate of drug-likeness (QED) is 0.529. The lowest BCUT2D eigenvalue weighted by Crippen LogP contribution is -2.45. The Morgan fingerprint density at radius 3 is 2.30 bits per heavy atom. The van der Waals surface area contributed by atoms with E-state index in [1.807, 2.05) is 24.3 Å². The summed E-state index contributed by atoms with van der Waals surface area (Å²) in [6.45, 7) is 1.09. The monoisotopic (exact) mass is 428 g/mol. The number of ether oxygens (including phenoxy) is 1. The summed E-state index contributed by atoms with van der Waals surface area (Å²) in [5.41, 5.74) is 1.90. The fourth-order valence-corrected chi connectivity index (χ4v) is 4.53. The fraction of sp³-hybridized carbons (Fsp3) is 0.318. The molecule has 3 atom stereocenters. The van der Waals surface area contributed by atoms with Crippen molar-refractivity contribution in [3.05, 3.63) is 59.9 Å². The van der Waals surface area contributed by atoms with Crippen molar-refractivity contribution in [2.24, 2.45) is 0 Å². The minimum absolute atomic E-state index is 0.0815. The Kier molecular flexibility index (Phi) is 7.35. The van der Waals surface area contributed by atoms with Crippen molar-refractivity contribution in [1.82, 2.24) is 10.3 Å². The SMILES string of the molecule is CC(=O)[C@H](Cc1ccncc1)NC(=O)[C@H](Cc1ccc(OCC(=O)O)cc1)S1=CC1. The average molecular weight is 429 g/mol. The molecule has 2 heterocycles. The van der Waals surface area contributed by atoms with Crippen LogP contribution in [0.2, 0.25) is 0 Å². The van der Waals surface area contributed by atoms with Gasteiger partial charge in [-0.05, 0) is 55.2 Å². The molecule has 0 fully saturated rings. The van der Waals surface area contributed by atoms with Crippen LogP contribution in [-0.4, -0.2) is 56.8 Å². The number of carbonyl (C=O) groups excluding carboxylic acids is 2. The molecule has 0 saturated heterocycles. The Bertz CT molecular complexity index is 944. The molecule has 8 heteroatoms. The van der Waals surface area contributed by atoms with E-state index in [1.165, 1.54) is 6.92 Å². The van der Waals surface area contributed by atoms with Crippen LogP contribution in [0.15, 0.2) is 48.8 Å². The molecule has 0 aliphatic carbocycles. The van der Waals surface area contributed by atoms with E-state index >= 15 is 0 Å². The minimum Gasteiger partial charge on any atom is -0.482 e. The summed E-state index contributed by atoms with van der Waals surface area (Å²) >= 11 is 0. The zero-order valence-electron chi connectivity index (χ0n) is 16.6. The second-order valence-electron chi connectivity index (χ2n) is 7.05. The Morgan fingerprint density at radius 1 is 1.10 bits per heavy atom. The van der Waals surface area contributed by atoms with Crippen LogP contribution in [0.3, 0.4) is 0 Å². The second-order valence-corrected chi connectivity index (χ2v) is 9.23. The molecule has 1 aromatic carbocycles. The lowest BCUT2D eigenvalue weighted by molar-refractivity contribution is -0.139. The van der Waals surface area contributed by atoms with E-state index in [2.05, 4.69) is 15.7 Å². The Balaban J connectivity index is 1.63. The summed E-state index contributed by atoms with van der Waals surface area (Å²) in [6, 6.07) is 10.2. The van der Waals surface area contributed by atoms with Crippen molar-refractivity contribution in [3.8, 4) is 5.75 Å². The second kappa shape index (κ2) is 10.2. The zero-order valence-corrected chi connectivity index (χ0v) is 17.4. The number of aliphatic carboxylic acids is 1. The van der Waals surface area contributed by atoms with Crippen LogP contribution >= 0.6 is 10.5 Å². The van der Waals surface area contributed by atoms with Crippen LogP contribution in [0.4, 0.5) is 0 Å². The molecule has 3 rings (SSSR count). The van der Waals surface area contributed by atoms with E-state index in [9.17, 15) is 14.4 Å². The van der Waals surface area contributed by atoms with Crippen LogP contribution in [0.1, 0.15) is 18.1 Å². The number of carboxylic acid groups (broad SMARTS) is 1. The first-order chi connectivity index (χ1) is 14.4. The molecule has 1 amide bonds. The molecule has 0 saturated carbocycles. The fourth-order valence-electron chi connectivity index (χ4n) is 3.01. The molecule has 158 valence electrons. The Labute approximate surface area is 177 Å². The summed E-state index contributed by atoms with van der Waals surface area (Å²) in [5.74, 6) is 0.145. The molecule has 1 aromatic heterocycles. The largest absolute Gasteiger partial charge is 0.482 e. The number of carbonyl (C=O) groups is 3. The number of nitrogens with zero attached hydrogens (tertiary/aromatic N) is 1. The normalized spacial score (nSPS) is 16.6. The number of carboxylic acids is 1. The van der Waals surface area contributed by atoms with Crippen LogP contribution in [-0.2, 0) is 27.2 Å². The maximum absolute atomic E-state index is 13.0. The maximum Gasteiger partial charge on any atom is 0.341 e. The predicted octanol–water partition coefficient (Wildman–Crippen LogP) is 1.86. The molecule has 2 aromatic rings. The van der Waals surface area contributed by atoms with Crippen LogP contribution in [0.5, 0.6) is 5.75 Å². The topological polar surface area (TPSA) is 106 Å². The van der Waals surface area contributed by atoms with Crippen LogP contribution in [0, 0.1) is 0 Å². The van der Waals surface area contributed by atoms with E-state index in [0.717, 1.165) is 16.9 Å². The van der Waals surface area contributed by atoms with E-state index in [0.29, 0.717) is 18.6 Å². The lowest BCUT2D eigenvalue weighted by atomic mass is 10.0. The van der Waals surface area contributed by atoms with Crippen LogP contribution in [0.25, 0.3) is 0 Å². The van der Waals surface area contributed by atoms with Gasteiger partial charge in [0.15, 0.2) is 12.4 Å². The molecular formula is C22H24N2O5S. The number of ketones is 1. The van der Waals surface area contributed by atoms with E-state index in [1.54, 1.807) is 24.5 Å². The third-order valence-corrected chi connectivity index (χ3v) is 6.55. The van der Waals surface area contributed by atoms with Gasteiger partial charge in [0, 0.05) is 18.1 Å². The number of nitrogens with one attached hydrogen (secondary N) is 1. The molecule has 7 nitrogen and oxygen atoms in total. The van der Waals surface area contributed by atoms with Crippen molar-refractivity contribution in [2.45, 2.75) is 31.1 Å². The number of pyridine rings is 1. The zero-order chi connectivity index (χ0) is 21.5. The number of amides is 1. The van der Waals surface area contributed by atoms with E-state index in [4.69, 9.17) is 9.84 Å². The van der Waals surface area contributed by atoms with Crippen molar-refractivity contribution < 1.29 is 24.2 Å². The summed E-state index contributed by atoms with van der Waals surface area (Å²) < 4.78 is 5.15. The summed E-state index contributed by atoms with van der Waals surface area (Å²) in [7, 11) is -0.0923. The van der Waals surface area contributed by atoms with Gasteiger partial charge in [-0.15, -0.1) is 0 Å². The molecule has 0 spiro atoms. The number of benzene rings is 1. The first-order valence-corrected chi connectivity index (χ1v) is 11.1. The van der Waals surface area contributed by atoms with Crippen molar-refractivity contribution in [2.75, 3.05) is 12.4 Å². The van der Waals surface area contributed by atoms with Crippen molar-refractivity contribution in [3.63, 3.8) is 0 Å². The molecule has 1 unspecified atom stereocenters. The van der Waals surface area contributed by atoms with E-state index < -0.39 is 18.6 Å². The van der Waals surface area contributed by atoms with Gasteiger partial charge in [0.25, 0.3) is 0 Å². The summed E-state index contributed by atoms with van der Waals surface area (Å²) in [6.07, 6.45) is 4.32. The summed E-state index contributed by atoms with van der Waals surface area (Å²) in [4.78, 5) is 39.7. The third kappa shape index (κ3) is 6.52. The molecule has 2 N–H and O–H groups in total. The van der Waals surface area contributed by atoms with Gasteiger partial charge in [-0.3, -0.25) is 14.6 Å². The molecule has 0 bridgehead atoms. The van der Waals surface area contributed by atoms with Gasteiger partial charge >= 0.3 is 5.97 Å². The van der Waals surface area contributed by atoms with Gasteiger partial charge < -0.3 is 15.2 Å².